The first-order valence-electron chi connectivity index (χ1n) is 20.5. The summed E-state index contributed by atoms with van der Waals surface area (Å²) in [6, 6.07) is 19.7. The van der Waals surface area contributed by atoms with Crippen molar-refractivity contribution in [2.75, 3.05) is 67.3 Å². The summed E-state index contributed by atoms with van der Waals surface area (Å²) in [5.74, 6) is -1.25. The number of fused-ring (bicyclic) bond motifs is 1. The molecule has 2 aromatic heterocycles. The van der Waals surface area contributed by atoms with Crippen molar-refractivity contribution in [3.8, 4) is 0 Å². The van der Waals surface area contributed by atoms with E-state index in [1.54, 1.807) is 54.6 Å². The number of urea groups is 1. The van der Waals surface area contributed by atoms with Crippen LogP contribution in [0.15, 0.2) is 113 Å². The van der Waals surface area contributed by atoms with E-state index < -0.39 is 67.7 Å². The second kappa shape index (κ2) is 20.1. The molecule has 0 saturated carbocycles. The molecule has 340 valence electrons. The van der Waals surface area contributed by atoms with Crippen LogP contribution in [0.1, 0.15) is 29.7 Å². The number of hydrogen-bond donors (Lipinski definition) is 0. The number of benzene rings is 2. The molecule has 20 nitrogen and oxygen atoms in total. The maximum absolute atomic E-state index is 15.0. The first-order chi connectivity index (χ1) is 31.4. The number of methoxy groups -OCH3 is 1. The van der Waals surface area contributed by atoms with Gasteiger partial charge in [-0.25, -0.2) is 33.8 Å². The molecule has 0 bridgehead atoms. The normalized spacial score (nSPS) is 16.9. The monoisotopic (exact) mass is 894 g/mol. The number of carbonyl (C=O) groups excluding carboxylic acids is 7. The van der Waals surface area contributed by atoms with E-state index in [1.165, 1.54) is 55.5 Å². The minimum Gasteiger partial charge on any atom is -0.501 e. The van der Waals surface area contributed by atoms with Gasteiger partial charge in [-0.05, 0) is 41.3 Å². The highest BCUT2D eigenvalue weighted by molar-refractivity contribution is 6.14. The second-order valence-electron chi connectivity index (χ2n) is 15.1. The molecule has 1 fully saturated rings. The van der Waals surface area contributed by atoms with Gasteiger partial charge >= 0.3 is 30.5 Å². The Bertz CT molecular complexity index is 2480. The summed E-state index contributed by atoms with van der Waals surface area (Å²) in [5.41, 5.74) is 0.447. The molecule has 20 heteroatoms. The van der Waals surface area contributed by atoms with Crippen LogP contribution in [0.4, 0.5) is 24.0 Å². The Morgan fingerprint density at radius 1 is 0.800 bits per heavy atom. The van der Waals surface area contributed by atoms with Gasteiger partial charge in [0.1, 0.15) is 37.8 Å². The number of nitrogens with zero attached hydrogens (tertiary/aromatic N) is 6. The van der Waals surface area contributed by atoms with Gasteiger partial charge in [-0.1, -0.05) is 60.7 Å². The Morgan fingerprint density at radius 3 is 2.05 bits per heavy atom. The first-order valence-corrected chi connectivity index (χ1v) is 20.5. The number of aromatic nitrogens is 1. The number of amides is 7. The van der Waals surface area contributed by atoms with Crippen molar-refractivity contribution in [2.45, 2.75) is 31.6 Å². The zero-order valence-corrected chi connectivity index (χ0v) is 35.8. The van der Waals surface area contributed by atoms with Gasteiger partial charge in [0, 0.05) is 50.4 Å². The van der Waals surface area contributed by atoms with Gasteiger partial charge in [0.25, 0.3) is 11.8 Å². The molecule has 7 rings (SSSR count). The summed E-state index contributed by atoms with van der Waals surface area (Å²) >= 11 is 0. The van der Waals surface area contributed by atoms with Gasteiger partial charge in [-0.2, -0.15) is 0 Å². The Balaban J connectivity index is 1.09. The van der Waals surface area contributed by atoms with E-state index in [2.05, 4.69) is 4.98 Å². The van der Waals surface area contributed by atoms with Crippen molar-refractivity contribution in [1.82, 2.24) is 29.5 Å². The van der Waals surface area contributed by atoms with Crippen LogP contribution in [0.5, 0.6) is 0 Å². The first kappa shape index (κ1) is 45.1. The lowest BCUT2D eigenvalue weighted by Crippen LogP contribution is -2.57. The van der Waals surface area contributed by atoms with Crippen LogP contribution in [0.2, 0.25) is 0 Å². The fourth-order valence-corrected chi connectivity index (χ4v) is 7.32. The quantitative estimate of drug-likeness (QED) is 0.0767. The van der Waals surface area contributed by atoms with E-state index in [-0.39, 0.29) is 50.8 Å². The molecule has 0 unspecified atom stereocenters. The van der Waals surface area contributed by atoms with Gasteiger partial charge < -0.3 is 47.5 Å². The molecule has 0 N–H and O–H groups in total. The number of likely N-dealkylation sites (N-methyl/N-ethyl adjacent to an activating group) is 2. The lowest BCUT2D eigenvalue weighted by atomic mass is 9.93. The van der Waals surface area contributed by atoms with Crippen molar-refractivity contribution >= 4 is 53.2 Å². The van der Waals surface area contributed by atoms with Crippen molar-refractivity contribution in [2.24, 2.45) is 0 Å². The molecule has 3 aliphatic rings. The highest BCUT2D eigenvalue weighted by atomic mass is 16.7. The van der Waals surface area contributed by atoms with E-state index in [0.29, 0.717) is 39.4 Å². The molecule has 4 heterocycles. The van der Waals surface area contributed by atoms with E-state index in [4.69, 9.17) is 32.8 Å². The number of allylic oxidation sites excluding steroid dienone is 1. The summed E-state index contributed by atoms with van der Waals surface area (Å²) < 4.78 is 38.1. The van der Waals surface area contributed by atoms with Crippen LogP contribution in [0.3, 0.4) is 0 Å². The number of carbonyl (C=O) groups is 7. The van der Waals surface area contributed by atoms with Gasteiger partial charge in [-0.3, -0.25) is 14.6 Å². The fraction of sp³-hybridized carbons (Fsp3) is 0.333. The third kappa shape index (κ3) is 10.0. The standard InChI is InChI=1S/C45H46N6O14/c1-47(41(55)62-26-30-10-6-4-7-11-30)18-20-60-43(57)51-40(54)50(29-64-44(58)61-21-19-48(2)42(56)63-27-31-12-8-5-9-13-31)39(53)45(51,37-22-33-24-46-17-16-36(33)65-37)28-49-25-32-14-15-34(59-3)23-35(32)38(49)52/h4-13,16-17,22-24H,14-15,18-21,25-29H2,1-3H3/t45-/m0/s1. The SMILES string of the molecule is COC1=CC2=C(CC1)CN(C[C@]1(c3cc4cnccc4o3)C(=O)N(COC(=O)OCCN(C)C(=O)OCc3ccccc3)C(=O)N1C(=O)OCCN(C)C(=O)OCc1ccccc1)C2=O. The average molecular weight is 895 g/mol. The van der Waals surface area contributed by atoms with Gasteiger partial charge in [-0.15, -0.1) is 0 Å². The van der Waals surface area contributed by atoms with Crippen LogP contribution < -0.4 is 0 Å². The Hall–Kier alpha value is -7.90. The molecule has 4 aromatic rings. The summed E-state index contributed by atoms with van der Waals surface area (Å²) in [4.78, 5) is 105. The van der Waals surface area contributed by atoms with Crippen LogP contribution >= 0.6 is 0 Å². The molecule has 1 saturated heterocycles. The van der Waals surface area contributed by atoms with Gasteiger partial charge in [0.15, 0.2) is 6.73 Å². The van der Waals surface area contributed by atoms with E-state index in [9.17, 15) is 33.6 Å². The number of hydrogen-bond acceptors (Lipinski definition) is 15. The van der Waals surface area contributed by atoms with Gasteiger partial charge in [0.05, 0.1) is 32.5 Å². The van der Waals surface area contributed by atoms with Crippen molar-refractivity contribution in [1.29, 1.82) is 0 Å². The Morgan fingerprint density at radius 2 is 1.43 bits per heavy atom. The highest BCUT2D eigenvalue weighted by Crippen LogP contribution is 2.43. The fourth-order valence-electron chi connectivity index (χ4n) is 7.32. The van der Waals surface area contributed by atoms with Crippen molar-refractivity contribution in [3.63, 3.8) is 0 Å². The third-order valence-corrected chi connectivity index (χ3v) is 10.9. The minimum absolute atomic E-state index is 0.00780. The van der Waals surface area contributed by atoms with Crippen molar-refractivity contribution < 1.29 is 66.4 Å². The maximum Gasteiger partial charge on any atom is 0.510 e. The number of rotatable bonds is 16. The van der Waals surface area contributed by atoms with Crippen LogP contribution in [0.25, 0.3) is 11.0 Å². The number of furan rings is 1. The maximum atomic E-state index is 15.0. The smallest absolute Gasteiger partial charge is 0.501 e. The number of imide groups is 2. The lowest BCUT2D eigenvalue weighted by Gasteiger charge is -2.34. The van der Waals surface area contributed by atoms with Crippen LogP contribution in [-0.2, 0) is 56.8 Å². The van der Waals surface area contributed by atoms with Crippen LogP contribution in [0, 0.1) is 0 Å². The Kier molecular flexibility index (Phi) is 13.9. The van der Waals surface area contributed by atoms with E-state index >= 15 is 0 Å². The number of pyridine rings is 1. The highest BCUT2D eigenvalue weighted by Gasteiger charge is 2.65. The predicted octanol–water partition coefficient (Wildman–Crippen LogP) is 5.53. The van der Waals surface area contributed by atoms with Crippen molar-refractivity contribution in [3.05, 3.63) is 125 Å². The lowest BCUT2D eigenvalue weighted by molar-refractivity contribution is -0.139. The molecule has 2 aliphatic heterocycles. The molecule has 1 aliphatic carbocycles. The molecule has 2 aromatic carbocycles. The molecule has 0 spiro atoms. The molecule has 1 atom stereocenters. The molecule has 7 amide bonds. The topological polar surface area (TPSA) is 217 Å². The number of ether oxygens (including phenoxy) is 6. The second-order valence-corrected chi connectivity index (χ2v) is 15.1. The summed E-state index contributed by atoms with van der Waals surface area (Å²) in [6.45, 7) is -2.70. The zero-order valence-electron chi connectivity index (χ0n) is 35.8. The van der Waals surface area contributed by atoms with Crippen LogP contribution in [-0.4, -0.2) is 139 Å². The molecule has 65 heavy (non-hydrogen) atoms. The molecular formula is C45H46N6O14. The summed E-state index contributed by atoms with van der Waals surface area (Å²) in [7, 11) is 4.35. The largest absolute Gasteiger partial charge is 0.510 e. The van der Waals surface area contributed by atoms with E-state index in [1.807, 2.05) is 12.1 Å². The van der Waals surface area contributed by atoms with E-state index in [0.717, 1.165) is 21.6 Å². The Labute approximate surface area is 372 Å². The summed E-state index contributed by atoms with van der Waals surface area (Å²) in [5, 5.41) is 0.399. The minimum atomic E-state index is -2.43. The molecular weight excluding hydrogens is 849 g/mol. The summed E-state index contributed by atoms with van der Waals surface area (Å²) in [6.07, 6.45) is 1.46. The zero-order chi connectivity index (χ0) is 46.1. The molecule has 0 radical (unpaired) electrons. The van der Waals surface area contributed by atoms with Gasteiger partial charge in [0.2, 0.25) is 5.54 Å². The predicted molar refractivity (Wildman–Crippen MR) is 225 cm³/mol. The average Bonchev–Trinajstić information content (AvgIpc) is 3.96. The third-order valence-electron chi connectivity index (χ3n) is 10.9.